The van der Waals surface area contributed by atoms with E-state index < -0.39 is 0 Å². The maximum atomic E-state index is 13.3. The average molecular weight is 373 g/mol. The molecule has 3 rings (SSSR count). The molecule has 7 heteroatoms. The van der Waals surface area contributed by atoms with Crippen molar-refractivity contribution in [2.75, 3.05) is 51.0 Å². The van der Waals surface area contributed by atoms with Crippen molar-refractivity contribution in [3.05, 3.63) is 48.0 Å². The molecular weight excluding hydrogens is 345 g/mol. The number of hydrogen-bond donors (Lipinski definition) is 1. The van der Waals surface area contributed by atoms with Gasteiger partial charge >= 0.3 is 0 Å². The van der Waals surface area contributed by atoms with Gasteiger partial charge in [-0.05, 0) is 50.6 Å². The van der Waals surface area contributed by atoms with E-state index in [-0.39, 0.29) is 11.9 Å². The number of halogens is 1. The molecule has 6 nitrogen and oxygen atoms in total. The molecule has 0 aliphatic carbocycles. The third kappa shape index (κ3) is 5.37. The quantitative estimate of drug-likeness (QED) is 0.805. The zero-order valence-corrected chi connectivity index (χ0v) is 16.0. The fourth-order valence-electron chi connectivity index (χ4n) is 3.48. The molecule has 1 aliphatic heterocycles. The van der Waals surface area contributed by atoms with Crippen molar-refractivity contribution in [2.24, 2.45) is 5.92 Å². The lowest BCUT2D eigenvalue weighted by molar-refractivity contribution is -0.00310. The van der Waals surface area contributed by atoms with Crippen LogP contribution in [-0.4, -0.2) is 55.2 Å². The second-order valence-corrected chi connectivity index (χ2v) is 7.27. The Morgan fingerprint density at radius 3 is 2.56 bits per heavy atom. The van der Waals surface area contributed by atoms with E-state index >= 15 is 0 Å². The van der Waals surface area contributed by atoms with E-state index in [0.29, 0.717) is 18.3 Å². The first kappa shape index (κ1) is 19.5. The number of nitrogens with zero attached hydrogens (tertiary/aromatic N) is 4. The molecule has 0 bridgehead atoms. The number of aromatic nitrogens is 2. The van der Waals surface area contributed by atoms with Gasteiger partial charge in [-0.2, -0.15) is 0 Å². The summed E-state index contributed by atoms with van der Waals surface area (Å²) < 4.78 is 19.6. The number of anilines is 2. The van der Waals surface area contributed by atoms with Crippen LogP contribution < -0.4 is 10.6 Å². The standard InChI is InChI=1S/C20H28FN5O/c1-25(2)11-12-27-20(15-3-5-17(21)6-4-15)16-7-9-26(10-8-16)19-13-18(22)23-14-24-19/h3-6,13-14,16,20H,7-12H2,1-2H3,(H2,22,23,24). The van der Waals surface area contributed by atoms with Crippen LogP contribution in [0, 0.1) is 11.7 Å². The number of nitrogens with two attached hydrogens (primary N) is 1. The molecule has 1 saturated heterocycles. The molecule has 1 aromatic heterocycles. The van der Waals surface area contributed by atoms with Gasteiger partial charge in [0.1, 0.15) is 23.8 Å². The lowest BCUT2D eigenvalue weighted by Gasteiger charge is -2.37. The van der Waals surface area contributed by atoms with Gasteiger partial charge in [0.15, 0.2) is 0 Å². The van der Waals surface area contributed by atoms with Gasteiger partial charge in [-0.15, -0.1) is 0 Å². The van der Waals surface area contributed by atoms with Crippen LogP contribution in [0.3, 0.4) is 0 Å². The second-order valence-electron chi connectivity index (χ2n) is 7.27. The highest BCUT2D eigenvalue weighted by molar-refractivity contribution is 5.46. The zero-order valence-electron chi connectivity index (χ0n) is 16.0. The van der Waals surface area contributed by atoms with Crippen molar-refractivity contribution in [2.45, 2.75) is 18.9 Å². The number of likely N-dealkylation sites (N-methyl/N-ethyl adjacent to an activating group) is 1. The summed E-state index contributed by atoms with van der Waals surface area (Å²) in [6.45, 7) is 3.28. The monoisotopic (exact) mass is 373 g/mol. The minimum absolute atomic E-state index is 0.0248. The molecule has 146 valence electrons. The first-order chi connectivity index (χ1) is 13.0. The van der Waals surface area contributed by atoms with Crippen LogP contribution in [0.2, 0.25) is 0 Å². The number of benzene rings is 1. The molecule has 0 amide bonds. The van der Waals surface area contributed by atoms with Crippen molar-refractivity contribution in [3.63, 3.8) is 0 Å². The Hall–Kier alpha value is -2.25. The Balaban J connectivity index is 1.66. The smallest absolute Gasteiger partial charge is 0.134 e. The Kier molecular flexibility index (Phi) is 6.58. The van der Waals surface area contributed by atoms with Gasteiger partial charge in [0.05, 0.1) is 12.7 Å². The van der Waals surface area contributed by atoms with Gasteiger partial charge in [0.2, 0.25) is 0 Å². The maximum Gasteiger partial charge on any atom is 0.134 e. The van der Waals surface area contributed by atoms with Crippen LogP contribution in [0.4, 0.5) is 16.0 Å². The fraction of sp³-hybridized carbons (Fsp3) is 0.500. The summed E-state index contributed by atoms with van der Waals surface area (Å²) in [5.41, 5.74) is 6.82. The number of piperidine rings is 1. The first-order valence-electron chi connectivity index (χ1n) is 9.37. The number of hydrogen-bond acceptors (Lipinski definition) is 6. The summed E-state index contributed by atoms with van der Waals surface area (Å²) >= 11 is 0. The average Bonchev–Trinajstić information content (AvgIpc) is 2.66. The summed E-state index contributed by atoms with van der Waals surface area (Å²) in [5.74, 6) is 1.51. The molecule has 1 fully saturated rings. The van der Waals surface area contributed by atoms with E-state index in [9.17, 15) is 4.39 Å². The topological polar surface area (TPSA) is 67.5 Å². The number of rotatable bonds is 7. The number of nitrogen functional groups attached to an aromatic ring is 1. The van der Waals surface area contributed by atoms with Crippen LogP contribution >= 0.6 is 0 Å². The lowest BCUT2D eigenvalue weighted by atomic mass is 9.87. The van der Waals surface area contributed by atoms with Crippen molar-refractivity contribution in [3.8, 4) is 0 Å². The Morgan fingerprint density at radius 2 is 1.93 bits per heavy atom. The molecule has 1 aromatic carbocycles. The van der Waals surface area contributed by atoms with E-state index in [2.05, 4.69) is 19.8 Å². The highest BCUT2D eigenvalue weighted by atomic mass is 19.1. The normalized spacial score (nSPS) is 16.7. The second kappa shape index (κ2) is 9.10. The molecule has 27 heavy (non-hydrogen) atoms. The first-order valence-corrected chi connectivity index (χ1v) is 9.37. The Labute approximate surface area is 160 Å². The van der Waals surface area contributed by atoms with Crippen molar-refractivity contribution >= 4 is 11.6 Å². The van der Waals surface area contributed by atoms with Crippen LogP contribution in [0.15, 0.2) is 36.7 Å². The molecule has 0 spiro atoms. The van der Waals surface area contributed by atoms with Gasteiger partial charge in [-0.25, -0.2) is 14.4 Å². The van der Waals surface area contributed by atoms with Gasteiger partial charge in [0.25, 0.3) is 0 Å². The molecule has 1 aliphatic rings. The highest BCUT2D eigenvalue weighted by Crippen LogP contribution is 2.35. The lowest BCUT2D eigenvalue weighted by Crippen LogP contribution is -2.37. The van der Waals surface area contributed by atoms with Crippen LogP contribution in [0.5, 0.6) is 0 Å². The predicted molar refractivity (Wildman–Crippen MR) is 105 cm³/mol. The molecule has 2 heterocycles. The highest BCUT2D eigenvalue weighted by Gasteiger charge is 2.29. The Bertz CT molecular complexity index is 717. The molecule has 0 saturated carbocycles. The van der Waals surface area contributed by atoms with Crippen LogP contribution in [0.25, 0.3) is 0 Å². The SMILES string of the molecule is CN(C)CCOC(c1ccc(F)cc1)C1CCN(c2cc(N)ncn2)CC1. The minimum atomic E-state index is -0.220. The summed E-state index contributed by atoms with van der Waals surface area (Å²) in [7, 11) is 4.06. The molecule has 2 N–H and O–H groups in total. The minimum Gasteiger partial charge on any atom is -0.384 e. The van der Waals surface area contributed by atoms with Crippen LogP contribution in [0.1, 0.15) is 24.5 Å². The summed E-state index contributed by atoms with van der Waals surface area (Å²) in [4.78, 5) is 12.6. The van der Waals surface area contributed by atoms with E-state index in [4.69, 9.17) is 10.5 Å². The molecule has 0 radical (unpaired) electrons. The van der Waals surface area contributed by atoms with Gasteiger partial charge in [0, 0.05) is 25.7 Å². The third-order valence-electron chi connectivity index (χ3n) is 5.00. The maximum absolute atomic E-state index is 13.3. The largest absolute Gasteiger partial charge is 0.384 e. The predicted octanol–water partition coefficient (Wildman–Crippen LogP) is 2.73. The van der Waals surface area contributed by atoms with E-state index in [1.54, 1.807) is 0 Å². The van der Waals surface area contributed by atoms with Crippen LogP contribution in [-0.2, 0) is 4.74 Å². The van der Waals surface area contributed by atoms with E-state index in [0.717, 1.165) is 43.9 Å². The molecular formula is C20H28FN5O. The number of ether oxygens (including phenoxy) is 1. The van der Waals surface area contributed by atoms with E-state index in [1.165, 1.54) is 18.5 Å². The Morgan fingerprint density at radius 1 is 1.22 bits per heavy atom. The third-order valence-corrected chi connectivity index (χ3v) is 5.00. The molecule has 1 atom stereocenters. The molecule has 2 aromatic rings. The summed E-state index contributed by atoms with van der Waals surface area (Å²) in [6.07, 6.45) is 3.44. The van der Waals surface area contributed by atoms with Gasteiger partial charge < -0.3 is 20.3 Å². The van der Waals surface area contributed by atoms with Crippen molar-refractivity contribution in [1.29, 1.82) is 0 Å². The van der Waals surface area contributed by atoms with Gasteiger partial charge in [-0.1, -0.05) is 12.1 Å². The van der Waals surface area contributed by atoms with E-state index in [1.807, 2.05) is 32.3 Å². The van der Waals surface area contributed by atoms with Crippen molar-refractivity contribution < 1.29 is 9.13 Å². The zero-order chi connectivity index (χ0) is 19.2. The summed E-state index contributed by atoms with van der Waals surface area (Å²) in [6, 6.07) is 8.51. The molecule has 1 unspecified atom stereocenters. The van der Waals surface area contributed by atoms with Crippen molar-refractivity contribution in [1.82, 2.24) is 14.9 Å². The summed E-state index contributed by atoms with van der Waals surface area (Å²) in [5, 5.41) is 0. The fourth-order valence-corrected chi connectivity index (χ4v) is 3.48. The van der Waals surface area contributed by atoms with Gasteiger partial charge in [-0.3, -0.25) is 0 Å².